The molecule has 0 bridgehead atoms. The van der Waals surface area contributed by atoms with Gasteiger partial charge < -0.3 is 10.1 Å². The van der Waals surface area contributed by atoms with Crippen LogP contribution in [0.25, 0.3) is 0 Å². The number of hydrogen-bond acceptors (Lipinski definition) is 2. The number of carbonyl (C=O) groups is 1. The van der Waals surface area contributed by atoms with Crippen molar-refractivity contribution in [1.82, 2.24) is 0 Å². The van der Waals surface area contributed by atoms with Gasteiger partial charge >= 0.3 is 0 Å². The van der Waals surface area contributed by atoms with E-state index in [4.69, 9.17) is 27.9 Å². The Kier molecular flexibility index (Phi) is 4.02. The predicted octanol–water partition coefficient (Wildman–Crippen LogP) is 4.61. The highest BCUT2D eigenvalue weighted by atomic mass is 35.5. The van der Waals surface area contributed by atoms with Gasteiger partial charge in [-0.25, -0.2) is 0 Å². The molecule has 114 valence electrons. The van der Waals surface area contributed by atoms with E-state index in [1.165, 1.54) is 0 Å². The molecule has 3 nitrogen and oxygen atoms in total. The van der Waals surface area contributed by atoms with Crippen LogP contribution < -0.4 is 10.1 Å². The number of amides is 1. The van der Waals surface area contributed by atoms with Gasteiger partial charge in [0.2, 0.25) is 0 Å². The van der Waals surface area contributed by atoms with E-state index < -0.39 is 4.33 Å². The summed E-state index contributed by atoms with van der Waals surface area (Å²) < 4.78 is 4.49. The smallest absolute Gasteiger partial charge is 0.255 e. The summed E-state index contributed by atoms with van der Waals surface area (Å²) in [6, 6.07) is 14.6. The van der Waals surface area contributed by atoms with Gasteiger partial charge in [0.25, 0.3) is 5.91 Å². The monoisotopic (exact) mass is 335 g/mol. The number of anilines is 1. The van der Waals surface area contributed by atoms with Gasteiger partial charge in [0.1, 0.15) is 10.1 Å². The van der Waals surface area contributed by atoms with Crippen molar-refractivity contribution in [3.8, 4) is 5.75 Å². The minimum atomic E-state index is -0.634. The molecule has 1 aliphatic rings. The molecule has 0 heterocycles. The van der Waals surface area contributed by atoms with E-state index >= 15 is 0 Å². The summed E-state index contributed by atoms with van der Waals surface area (Å²) in [5.41, 5.74) is 2.36. The maximum absolute atomic E-state index is 12.2. The molecule has 2 aromatic carbocycles. The second kappa shape index (κ2) is 5.82. The van der Waals surface area contributed by atoms with Gasteiger partial charge in [-0.1, -0.05) is 18.2 Å². The van der Waals surface area contributed by atoms with Crippen LogP contribution in [0.15, 0.2) is 48.5 Å². The van der Waals surface area contributed by atoms with E-state index in [1.54, 1.807) is 31.4 Å². The number of alkyl halides is 2. The van der Waals surface area contributed by atoms with Crippen molar-refractivity contribution >= 4 is 34.8 Å². The third-order valence-electron chi connectivity index (χ3n) is 3.73. The first kappa shape index (κ1) is 15.2. The first-order valence-electron chi connectivity index (χ1n) is 6.93. The highest BCUT2D eigenvalue weighted by molar-refractivity contribution is 6.51. The molecule has 0 saturated heterocycles. The lowest BCUT2D eigenvalue weighted by molar-refractivity contribution is 0.102. The van der Waals surface area contributed by atoms with E-state index in [2.05, 4.69) is 5.32 Å². The molecule has 1 atom stereocenters. The van der Waals surface area contributed by atoms with E-state index in [-0.39, 0.29) is 11.8 Å². The van der Waals surface area contributed by atoms with Crippen LogP contribution in [0.3, 0.4) is 0 Å². The molecule has 3 rings (SSSR count). The first-order valence-corrected chi connectivity index (χ1v) is 7.68. The normalized spacial score (nSPS) is 18.6. The molecule has 0 radical (unpaired) electrons. The van der Waals surface area contributed by atoms with E-state index in [0.717, 1.165) is 17.7 Å². The van der Waals surface area contributed by atoms with Crippen LogP contribution in [0, 0.1) is 0 Å². The first-order chi connectivity index (χ1) is 10.5. The Labute approximate surface area is 139 Å². The molecule has 1 aliphatic carbocycles. The SMILES string of the molecule is COc1cccc(C(=O)Nc2ccc([C@H]3CC3(Cl)Cl)cc2)c1. The van der Waals surface area contributed by atoms with Crippen molar-refractivity contribution < 1.29 is 9.53 Å². The molecule has 2 aromatic rings. The maximum Gasteiger partial charge on any atom is 0.255 e. The van der Waals surface area contributed by atoms with Crippen LogP contribution >= 0.6 is 23.2 Å². The average molecular weight is 336 g/mol. The molecule has 0 aliphatic heterocycles. The Balaban J connectivity index is 1.69. The highest BCUT2D eigenvalue weighted by Gasteiger charge is 2.52. The summed E-state index contributed by atoms with van der Waals surface area (Å²) in [7, 11) is 1.57. The number of benzene rings is 2. The summed E-state index contributed by atoms with van der Waals surface area (Å²) >= 11 is 12.1. The average Bonchev–Trinajstić information content (AvgIpc) is 3.16. The summed E-state index contributed by atoms with van der Waals surface area (Å²) in [6.07, 6.45) is 0.769. The lowest BCUT2D eigenvalue weighted by atomic mass is 10.1. The van der Waals surface area contributed by atoms with Crippen LogP contribution in [-0.2, 0) is 0 Å². The van der Waals surface area contributed by atoms with Crippen molar-refractivity contribution in [1.29, 1.82) is 0 Å². The molecule has 1 N–H and O–H groups in total. The third kappa shape index (κ3) is 3.21. The molecule has 0 unspecified atom stereocenters. The Morgan fingerprint density at radius 2 is 1.91 bits per heavy atom. The summed E-state index contributed by atoms with van der Waals surface area (Å²) in [4.78, 5) is 12.2. The van der Waals surface area contributed by atoms with Crippen molar-refractivity contribution in [3.05, 3.63) is 59.7 Å². The van der Waals surface area contributed by atoms with Gasteiger partial charge in [0, 0.05) is 17.2 Å². The van der Waals surface area contributed by atoms with Gasteiger partial charge in [-0.3, -0.25) is 4.79 Å². The quantitative estimate of drug-likeness (QED) is 0.828. The van der Waals surface area contributed by atoms with E-state index in [0.29, 0.717) is 11.3 Å². The second-order valence-corrected chi connectivity index (χ2v) is 6.87. The van der Waals surface area contributed by atoms with E-state index in [9.17, 15) is 4.79 Å². The fraction of sp³-hybridized carbons (Fsp3) is 0.235. The number of hydrogen-bond donors (Lipinski definition) is 1. The number of halogens is 2. The Morgan fingerprint density at radius 1 is 1.23 bits per heavy atom. The van der Waals surface area contributed by atoms with Gasteiger partial charge in [0.05, 0.1) is 7.11 Å². The van der Waals surface area contributed by atoms with Gasteiger partial charge in [-0.2, -0.15) is 0 Å². The summed E-state index contributed by atoms with van der Waals surface area (Å²) in [5, 5.41) is 2.86. The minimum absolute atomic E-state index is 0.179. The third-order valence-corrected chi connectivity index (χ3v) is 4.56. The van der Waals surface area contributed by atoms with Crippen LogP contribution in [0.1, 0.15) is 28.3 Å². The summed E-state index contributed by atoms with van der Waals surface area (Å²) in [6.45, 7) is 0. The maximum atomic E-state index is 12.2. The zero-order valence-electron chi connectivity index (χ0n) is 12.0. The highest BCUT2D eigenvalue weighted by Crippen LogP contribution is 2.59. The number of carbonyl (C=O) groups excluding carboxylic acids is 1. The van der Waals surface area contributed by atoms with Crippen LogP contribution in [0.4, 0.5) is 5.69 Å². The van der Waals surface area contributed by atoms with E-state index in [1.807, 2.05) is 24.3 Å². The number of rotatable bonds is 4. The molecular weight excluding hydrogens is 321 g/mol. The summed E-state index contributed by atoms with van der Waals surface area (Å²) in [5.74, 6) is 0.651. The predicted molar refractivity (Wildman–Crippen MR) is 89.2 cm³/mol. The molecule has 1 amide bonds. The number of methoxy groups -OCH3 is 1. The molecule has 0 aromatic heterocycles. The number of ether oxygens (including phenoxy) is 1. The van der Waals surface area contributed by atoms with Gasteiger partial charge in [-0.15, -0.1) is 23.2 Å². The van der Waals surface area contributed by atoms with Crippen LogP contribution in [0.5, 0.6) is 5.75 Å². The van der Waals surface area contributed by atoms with Crippen molar-refractivity contribution in [2.24, 2.45) is 0 Å². The van der Waals surface area contributed by atoms with Crippen molar-refractivity contribution in [2.45, 2.75) is 16.7 Å². The van der Waals surface area contributed by atoms with Gasteiger partial charge in [0.15, 0.2) is 0 Å². The van der Waals surface area contributed by atoms with Crippen LogP contribution in [0.2, 0.25) is 0 Å². The lowest BCUT2D eigenvalue weighted by Gasteiger charge is -2.08. The number of nitrogens with one attached hydrogen (secondary N) is 1. The van der Waals surface area contributed by atoms with Crippen molar-refractivity contribution in [3.63, 3.8) is 0 Å². The molecule has 1 fully saturated rings. The zero-order valence-corrected chi connectivity index (χ0v) is 13.5. The molecule has 22 heavy (non-hydrogen) atoms. The topological polar surface area (TPSA) is 38.3 Å². The largest absolute Gasteiger partial charge is 0.497 e. The van der Waals surface area contributed by atoms with Crippen LogP contribution in [-0.4, -0.2) is 17.4 Å². The van der Waals surface area contributed by atoms with Crippen molar-refractivity contribution in [2.75, 3.05) is 12.4 Å². The fourth-order valence-corrected chi connectivity index (χ4v) is 2.90. The van der Waals surface area contributed by atoms with Gasteiger partial charge in [-0.05, 0) is 42.3 Å². The minimum Gasteiger partial charge on any atom is -0.497 e. The molecule has 1 saturated carbocycles. The standard InChI is InChI=1S/C17H15Cl2NO2/c1-22-14-4-2-3-12(9-14)16(21)20-13-7-5-11(6-8-13)15-10-17(15,18)19/h2-9,15H,10H2,1H3,(H,20,21)/t15-/m1/s1. The second-order valence-electron chi connectivity index (χ2n) is 5.33. The molecular formula is C17H15Cl2NO2. The lowest BCUT2D eigenvalue weighted by Crippen LogP contribution is -2.11. The molecule has 0 spiro atoms. The Hall–Kier alpha value is -1.71. The Morgan fingerprint density at radius 3 is 2.50 bits per heavy atom. The zero-order chi connectivity index (χ0) is 15.7. The fourth-order valence-electron chi connectivity index (χ4n) is 2.34. The molecule has 5 heteroatoms. The Bertz CT molecular complexity index is 698.